The predicted molar refractivity (Wildman–Crippen MR) is 87.1 cm³/mol. The third kappa shape index (κ3) is 4.98. The van der Waals surface area contributed by atoms with Crippen molar-refractivity contribution in [3.8, 4) is 17.6 Å². The Labute approximate surface area is 126 Å². The lowest BCUT2D eigenvalue weighted by molar-refractivity contribution is 0.306. The van der Waals surface area contributed by atoms with Crippen LogP contribution >= 0.6 is 0 Å². The van der Waals surface area contributed by atoms with Gasteiger partial charge in [0.15, 0.2) is 0 Å². The van der Waals surface area contributed by atoms with E-state index >= 15 is 0 Å². The molecule has 21 heavy (non-hydrogen) atoms. The summed E-state index contributed by atoms with van der Waals surface area (Å²) in [7, 11) is 0. The van der Waals surface area contributed by atoms with Gasteiger partial charge in [-0.25, -0.2) is 0 Å². The molecule has 0 radical (unpaired) electrons. The average Bonchev–Trinajstić information content (AvgIpc) is 2.53. The maximum absolute atomic E-state index is 5.81. The molecule has 0 saturated heterocycles. The van der Waals surface area contributed by atoms with Crippen molar-refractivity contribution in [1.82, 2.24) is 0 Å². The van der Waals surface area contributed by atoms with Crippen LogP contribution in [0.25, 0.3) is 0 Å². The van der Waals surface area contributed by atoms with Gasteiger partial charge in [0.25, 0.3) is 0 Å². The number of aryl methyl sites for hydroxylation is 1. The minimum Gasteiger partial charge on any atom is -0.489 e. The Morgan fingerprint density at radius 2 is 1.86 bits per heavy atom. The van der Waals surface area contributed by atoms with E-state index in [-0.39, 0.29) is 0 Å². The molecule has 0 aliphatic carbocycles. The molecule has 0 heterocycles. The summed E-state index contributed by atoms with van der Waals surface area (Å²) in [6.07, 6.45) is 2.28. The molecule has 0 amide bonds. The third-order valence-corrected chi connectivity index (χ3v) is 3.13. The van der Waals surface area contributed by atoms with E-state index < -0.39 is 0 Å². The van der Waals surface area contributed by atoms with Gasteiger partial charge in [-0.3, -0.25) is 0 Å². The van der Waals surface area contributed by atoms with E-state index in [4.69, 9.17) is 10.5 Å². The van der Waals surface area contributed by atoms with E-state index in [9.17, 15) is 0 Å². The van der Waals surface area contributed by atoms with Gasteiger partial charge in [0.05, 0.1) is 6.54 Å². The molecule has 0 aromatic heterocycles. The molecular weight excluding hydrogens is 258 g/mol. The normalized spacial score (nSPS) is 9.81. The van der Waals surface area contributed by atoms with Gasteiger partial charge in [-0.05, 0) is 41.8 Å². The summed E-state index contributed by atoms with van der Waals surface area (Å²) in [5.74, 6) is 6.79. The first-order valence-electron chi connectivity index (χ1n) is 7.31. The van der Waals surface area contributed by atoms with Gasteiger partial charge in [-0.15, -0.1) is 0 Å². The Bertz CT molecular complexity index is 620. The summed E-state index contributed by atoms with van der Waals surface area (Å²) in [6.45, 7) is 3.11. The molecule has 0 aliphatic rings. The second kappa shape index (κ2) is 8.14. The lowest BCUT2D eigenvalue weighted by Crippen LogP contribution is -1.96. The molecule has 0 spiro atoms. The van der Waals surface area contributed by atoms with E-state index in [1.165, 1.54) is 5.56 Å². The van der Waals surface area contributed by atoms with Gasteiger partial charge in [0.1, 0.15) is 12.4 Å². The molecule has 2 aromatic carbocycles. The molecule has 2 heteroatoms. The van der Waals surface area contributed by atoms with E-state index in [2.05, 4.69) is 30.9 Å². The van der Waals surface area contributed by atoms with Gasteiger partial charge in [-0.2, -0.15) is 0 Å². The first-order chi connectivity index (χ1) is 10.3. The summed E-state index contributed by atoms with van der Waals surface area (Å²) < 4.78 is 5.81. The van der Waals surface area contributed by atoms with E-state index in [0.29, 0.717) is 13.2 Å². The van der Waals surface area contributed by atoms with Crippen LogP contribution in [-0.2, 0) is 13.0 Å². The summed E-state index contributed by atoms with van der Waals surface area (Å²) in [6, 6.07) is 16.4. The van der Waals surface area contributed by atoms with Crippen molar-refractivity contribution in [3.63, 3.8) is 0 Å². The zero-order valence-electron chi connectivity index (χ0n) is 12.4. The van der Waals surface area contributed by atoms with Crippen LogP contribution in [0.4, 0.5) is 0 Å². The average molecular weight is 279 g/mol. The highest BCUT2D eigenvalue weighted by Gasteiger charge is 1.98. The van der Waals surface area contributed by atoms with Crippen LogP contribution in [0, 0.1) is 11.8 Å². The minimum atomic E-state index is 0.380. The Morgan fingerprint density at radius 3 is 2.57 bits per heavy atom. The quantitative estimate of drug-likeness (QED) is 0.850. The fourth-order valence-electron chi connectivity index (χ4n) is 2.10. The summed E-state index contributed by atoms with van der Waals surface area (Å²) in [5, 5.41) is 0. The molecule has 2 rings (SSSR count). The SMILES string of the molecule is CCCc1ccc(OCc2cccc(C#CCN)c2)cc1. The van der Waals surface area contributed by atoms with E-state index in [1.54, 1.807) is 0 Å². The maximum Gasteiger partial charge on any atom is 0.119 e. The number of ether oxygens (including phenoxy) is 1. The Kier molecular flexibility index (Phi) is 5.87. The fourth-order valence-corrected chi connectivity index (χ4v) is 2.10. The molecule has 0 atom stereocenters. The lowest BCUT2D eigenvalue weighted by Gasteiger charge is -2.07. The van der Waals surface area contributed by atoms with Crippen LogP contribution in [0.5, 0.6) is 5.75 Å². The maximum atomic E-state index is 5.81. The third-order valence-electron chi connectivity index (χ3n) is 3.13. The molecule has 0 bridgehead atoms. The van der Waals surface area contributed by atoms with E-state index in [0.717, 1.165) is 29.7 Å². The van der Waals surface area contributed by atoms with Crippen LogP contribution in [0.2, 0.25) is 0 Å². The molecule has 108 valence electrons. The Morgan fingerprint density at radius 1 is 1.05 bits per heavy atom. The van der Waals surface area contributed by atoms with E-state index in [1.807, 2.05) is 36.4 Å². The van der Waals surface area contributed by atoms with Gasteiger partial charge in [0.2, 0.25) is 0 Å². The van der Waals surface area contributed by atoms with Crippen molar-refractivity contribution < 1.29 is 4.74 Å². The molecule has 0 aliphatic heterocycles. The number of hydrogen-bond acceptors (Lipinski definition) is 2. The molecule has 2 N–H and O–H groups in total. The van der Waals surface area contributed by atoms with Gasteiger partial charge in [0, 0.05) is 5.56 Å². The zero-order valence-corrected chi connectivity index (χ0v) is 12.4. The fraction of sp³-hybridized carbons (Fsp3) is 0.263. The number of rotatable bonds is 5. The van der Waals surface area contributed by atoms with Crippen LogP contribution in [0.1, 0.15) is 30.0 Å². The molecule has 0 fully saturated rings. The zero-order chi connectivity index (χ0) is 14.9. The largest absolute Gasteiger partial charge is 0.489 e. The Hall–Kier alpha value is -2.24. The first-order valence-corrected chi connectivity index (χ1v) is 7.31. The second-order valence-corrected chi connectivity index (χ2v) is 4.89. The van der Waals surface area contributed by atoms with Crippen molar-refractivity contribution in [2.24, 2.45) is 5.73 Å². The van der Waals surface area contributed by atoms with Crippen molar-refractivity contribution in [3.05, 3.63) is 65.2 Å². The number of nitrogens with two attached hydrogens (primary N) is 1. The smallest absolute Gasteiger partial charge is 0.119 e. The standard InChI is InChI=1S/C19H21NO/c1-2-5-16-9-11-19(12-10-16)21-15-18-7-3-6-17(14-18)8-4-13-20/h3,6-7,9-12,14H,2,5,13,15,20H2,1H3. The molecular formula is C19H21NO. The summed E-state index contributed by atoms with van der Waals surface area (Å²) in [4.78, 5) is 0. The van der Waals surface area contributed by atoms with Crippen LogP contribution < -0.4 is 10.5 Å². The topological polar surface area (TPSA) is 35.2 Å². The van der Waals surface area contributed by atoms with Crippen LogP contribution in [-0.4, -0.2) is 6.54 Å². The molecule has 0 saturated carbocycles. The highest BCUT2D eigenvalue weighted by atomic mass is 16.5. The molecule has 0 unspecified atom stereocenters. The van der Waals surface area contributed by atoms with Crippen LogP contribution in [0.3, 0.4) is 0 Å². The highest BCUT2D eigenvalue weighted by molar-refractivity contribution is 5.37. The monoisotopic (exact) mass is 279 g/mol. The molecule has 2 nitrogen and oxygen atoms in total. The van der Waals surface area contributed by atoms with Crippen molar-refractivity contribution in [2.75, 3.05) is 6.54 Å². The Balaban J connectivity index is 1.96. The van der Waals surface area contributed by atoms with Gasteiger partial charge >= 0.3 is 0 Å². The predicted octanol–water partition coefficient (Wildman–Crippen LogP) is 3.53. The first kappa shape index (κ1) is 15.2. The lowest BCUT2D eigenvalue weighted by atomic mass is 10.1. The van der Waals surface area contributed by atoms with Gasteiger partial charge in [-0.1, -0.05) is 49.5 Å². The van der Waals surface area contributed by atoms with Crippen molar-refractivity contribution in [1.29, 1.82) is 0 Å². The van der Waals surface area contributed by atoms with Crippen LogP contribution in [0.15, 0.2) is 48.5 Å². The summed E-state index contributed by atoms with van der Waals surface area (Å²) >= 11 is 0. The summed E-state index contributed by atoms with van der Waals surface area (Å²) in [5.41, 5.74) is 8.82. The minimum absolute atomic E-state index is 0.380. The molecule has 2 aromatic rings. The second-order valence-electron chi connectivity index (χ2n) is 4.89. The highest BCUT2D eigenvalue weighted by Crippen LogP contribution is 2.15. The van der Waals surface area contributed by atoms with Gasteiger partial charge < -0.3 is 10.5 Å². The number of hydrogen-bond donors (Lipinski definition) is 1. The van der Waals surface area contributed by atoms with Crippen molar-refractivity contribution in [2.45, 2.75) is 26.4 Å². The van der Waals surface area contributed by atoms with Crippen molar-refractivity contribution >= 4 is 0 Å². The number of benzene rings is 2.